The number of anilines is 2. The number of benzene rings is 2. The van der Waals surface area contributed by atoms with E-state index in [1.165, 1.54) is 29.6 Å². The van der Waals surface area contributed by atoms with Gasteiger partial charge in [0, 0.05) is 43.8 Å². The molecule has 0 aliphatic carbocycles. The molecule has 0 bridgehead atoms. The summed E-state index contributed by atoms with van der Waals surface area (Å²) < 4.78 is 0. The number of hydrogen-bond acceptors (Lipinski definition) is 8. The van der Waals surface area contributed by atoms with Crippen LogP contribution in [0.25, 0.3) is 10.4 Å². The zero-order chi connectivity index (χ0) is 30.6. The number of carbonyl (C=O) groups excluding carboxylic acids is 1. The van der Waals surface area contributed by atoms with E-state index >= 15 is 0 Å². The largest absolute Gasteiger partial charge is 0.483 e. The minimum atomic E-state index is -0.250. The van der Waals surface area contributed by atoms with Crippen molar-refractivity contribution in [1.82, 2.24) is 4.90 Å². The molecule has 0 amide bonds. The Morgan fingerprint density at radius 1 is 1.24 bits per heavy atom. The van der Waals surface area contributed by atoms with Gasteiger partial charge in [-0.1, -0.05) is 53.6 Å². The second-order valence-electron chi connectivity index (χ2n) is 10.5. The smallest absolute Gasteiger partial charge is 0.290 e. The van der Waals surface area contributed by atoms with Crippen molar-refractivity contribution in [2.45, 2.75) is 65.6 Å². The Bertz CT molecular complexity index is 1280. The van der Waals surface area contributed by atoms with Gasteiger partial charge in [0.2, 0.25) is 0 Å². The van der Waals surface area contributed by atoms with Crippen LogP contribution in [0.2, 0.25) is 5.02 Å². The lowest BCUT2D eigenvalue weighted by Crippen LogP contribution is -2.52. The second-order valence-corrected chi connectivity index (χ2v) is 11.9. The summed E-state index contributed by atoms with van der Waals surface area (Å²) in [4.78, 5) is 28.0. The van der Waals surface area contributed by atoms with Gasteiger partial charge in [-0.05, 0) is 63.8 Å². The lowest BCUT2D eigenvalue weighted by molar-refractivity contribution is -0.214. The van der Waals surface area contributed by atoms with Crippen molar-refractivity contribution in [2.24, 2.45) is 0 Å². The Morgan fingerprint density at radius 2 is 1.90 bits per heavy atom. The molecule has 0 radical (unpaired) electrons. The predicted molar refractivity (Wildman–Crippen MR) is 170 cm³/mol. The highest BCUT2D eigenvalue weighted by Gasteiger charge is 2.34. The summed E-state index contributed by atoms with van der Waals surface area (Å²) >= 11 is 8.20. The first-order chi connectivity index (χ1) is 19.5. The fourth-order valence-corrected chi connectivity index (χ4v) is 6.56. The Morgan fingerprint density at radius 3 is 2.49 bits per heavy atom. The van der Waals surface area contributed by atoms with Gasteiger partial charge >= 0.3 is 0 Å². The number of carbonyl (C=O) groups is 2. The SMILES string of the molecule is CCNc1c(C(C)=O)sc(-c2cccc(NC3CCN(Cc4cccc(C)c4)C(C)(C)C3)c2)c1Cl.COO.O=CO. The van der Waals surface area contributed by atoms with E-state index in [4.69, 9.17) is 26.8 Å². The van der Waals surface area contributed by atoms with E-state index in [2.05, 4.69) is 89.7 Å². The molecule has 2 aromatic carbocycles. The fourth-order valence-electron chi connectivity index (χ4n) is 5.06. The molecule has 1 saturated heterocycles. The third-order valence-corrected chi connectivity index (χ3v) is 8.65. The molecule has 1 aromatic heterocycles. The van der Waals surface area contributed by atoms with E-state index in [9.17, 15) is 4.79 Å². The highest BCUT2D eigenvalue weighted by molar-refractivity contribution is 7.19. The van der Waals surface area contributed by atoms with Crippen LogP contribution >= 0.6 is 22.9 Å². The molecule has 41 heavy (non-hydrogen) atoms. The quantitative estimate of drug-likeness (QED) is 0.0898. The summed E-state index contributed by atoms with van der Waals surface area (Å²) in [6, 6.07) is 17.6. The summed E-state index contributed by atoms with van der Waals surface area (Å²) in [5.74, 6) is 0.0352. The highest BCUT2D eigenvalue weighted by Crippen LogP contribution is 2.44. The number of rotatable bonds is 8. The maximum atomic E-state index is 12.2. The molecular formula is C31H42ClN3O5S. The molecule has 1 atom stereocenters. The van der Waals surface area contributed by atoms with Crippen molar-refractivity contribution < 1.29 is 24.8 Å². The van der Waals surface area contributed by atoms with Gasteiger partial charge in [-0.3, -0.25) is 19.7 Å². The maximum absolute atomic E-state index is 12.2. The highest BCUT2D eigenvalue weighted by atomic mass is 35.5. The molecule has 1 fully saturated rings. The van der Waals surface area contributed by atoms with Crippen LogP contribution in [0.15, 0.2) is 48.5 Å². The number of nitrogens with one attached hydrogen (secondary N) is 2. The van der Waals surface area contributed by atoms with Crippen LogP contribution in [0.4, 0.5) is 11.4 Å². The number of hydrogen-bond donors (Lipinski definition) is 4. The van der Waals surface area contributed by atoms with Crippen LogP contribution in [0, 0.1) is 6.92 Å². The molecule has 224 valence electrons. The summed E-state index contributed by atoms with van der Waals surface area (Å²) in [5, 5.41) is 21.6. The van der Waals surface area contributed by atoms with Crippen molar-refractivity contribution in [1.29, 1.82) is 0 Å². The topological polar surface area (TPSA) is 111 Å². The first kappa shape index (κ1) is 34.3. The lowest BCUT2D eigenvalue weighted by Gasteiger charge is -2.46. The van der Waals surface area contributed by atoms with Gasteiger partial charge in [-0.2, -0.15) is 0 Å². The number of carboxylic acid groups (broad SMARTS) is 1. The van der Waals surface area contributed by atoms with Gasteiger partial charge in [-0.15, -0.1) is 11.3 Å². The number of ketones is 1. The zero-order valence-electron chi connectivity index (χ0n) is 24.7. The van der Waals surface area contributed by atoms with Gasteiger partial charge in [0.15, 0.2) is 5.78 Å². The van der Waals surface area contributed by atoms with Gasteiger partial charge < -0.3 is 15.7 Å². The molecular weight excluding hydrogens is 562 g/mol. The van der Waals surface area contributed by atoms with E-state index in [0.717, 1.165) is 54.3 Å². The van der Waals surface area contributed by atoms with E-state index in [1.54, 1.807) is 6.92 Å². The van der Waals surface area contributed by atoms with Crippen LogP contribution in [0.3, 0.4) is 0 Å². The number of likely N-dealkylation sites (tertiary alicyclic amines) is 1. The molecule has 0 spiro atoms. The molecule has 4 N–H and O–H groups in total. The number of nitrogens with zero attached hydrogens (tertiary/aromatic N) is 1. The molecule has 1 aliphatic rings. The molecule has 8 nitrogen and oxygen atoms in total. The Hall–Kier alpha value is -2.95. The summed E-state index contributed by atoms with van der Waals surface area (Å²) in [6.45, 7) is 13.0. The number of piperidine rings is 1. The van der Waals surface area contributed by atoms with Crippen molar-refractivity contribution in [3.63, 3.8) is 0 Å². The number of halogens is 1. The average molecular weight is 604 g/mol. The lowest BCUT2D eigenvalue weighted by atomic mass is 9.86. The Kier molecular flexibility index (Phi) is 13.8. The van der Waals surface area contributed by atoms with E-state index < -0.39 is 0 Å². The fraction of sp³-hybridized carbons (Fsp3) is 0.419. The molecule has 1 aliphatic heterocycles. The average Bonchev–Trinajstić information content (AvgIpc) is 3.23. The maximum Gasteiger partial charge on any atom is 0.290 e. The van der Waals surface area contributed by atoms with Gasteiger partial charge in [0.25, 0.3) is 6.47 Å². The van der Waals surface area contributed by atoms with Crippen molar-refractivity contribution in [2.75, 3.05) is 30.8 Å². The monoisotopic (exact) mass is 603 g/mol. The van der Waals surface area contributed by atoms with Crippen molar-refractivity contribution in [3.05, 3.63) is 69.6 Å². The number of Topliss-reactive ketones (excluding diaryl/α,β-unsaturated/α-hetero) is 1. The van der Waals surface area contributed by atoms with Gasteiger partial charge in [0.05, 0.1) is 27.6 Å². The first-order valence-electron chi connectivity index (χ1n) is 13.5. The number of aryl methyl sites for hydroxylation is 1. The molecule has 0 saturated carbocycles. The molecule has 4 rings (SSSR count). The summed E-state index contributed by atoms with van der Waals surface area (Å²) in [6.07, 6.45) is 2.17. The Labute approximate surface area is 252 Å². The zero-order valence-corrected chi connectivity index (χ0v) is 26.2. The van der Waals surface area contributed by atoms with E-state index in [0.29, 0.717) is 15.9 Å². The minimum Gasteiger partial charge on any atom is -0.483 e. The van der Waals surface area contributed by atoms with Crippen molar-refractivity contribution in [3.8, 4) is 10.4 Å². The third kappa shape index (κ3) is 9.83. The second kappa shape index (κ2) is 16.5. The molecule has 2 heterocycles. The van der Waals surface area contributed by atoms with Crippen LogP contribution < -0.4 is 10.6 Å². The normalized spacial score (nSPS) is 16.0. The van der Waals surface area contributed by atoms with Crippen LogP contribution in [0.1, 0.15) is 61.3 Å². The standard InChI is InChI=1S/C29H36ClN3OS.CH4O2.CH2O2/c1-6-31-26-25(30)28(35-27(26)20(3)34)22-11-8-12-23(16-22)32-24-13-14-33(29(4,5)17-24)18-21-10-7-9-19(2)15-21;1-3-2;2-1-3/h7-12,15-16,24,31-32H,6,13-14,17-18H2,1-5H3;2H,1H3;1H,(H,2,3). The Balaban J connectivity index is 0.000000901. The minimum absolute atomic E-state index is 0.0352. The summed E-state index contributed by atoms with van der Waals surface area (Å²) in [7, 11) is 1.18. The van der Waals surface area contributed by atoms with Crippen LogP contribution in [-0.4, -0.2) is 59.3 Å². The molecule has 1 unspecified atom stereocenters. The number of thiophene rings is 1. The van der Waals surface area contributed by atoms with E-state index in [-0.39, 0.29) is 17.8 Å². The van der Waals surface area contributed by atoms with Crippen LogP contribution in [0.5, 0.6) is 0 Å². The third-order valence-electron chi connectivity index (χ3n) is 6.82. The van der Waals surface area contributed by atoms with Gasteiger partial charge in [0.1, 0.15) is 0 Å². The molecule has 3 aromatic rings. The van der Waals surface area contributed by atoms with Gasteiger partial charge in [-0.25, -0.2) is 4.89 Å². The first-order valence-corrected chi connectivity index (χ1v) is 14.7. The van der Waals surface area contributed by atoms with Crippen LogP contribution in [-0.2, 0) is 16.2 Å². The van der Waals surface area contributed by atoms with Crippen molar-refractivity contribution >= 4 is 46.6 Å². The predicted octanol–water partition coefficient (Wildman–Crippen LogP) is 7.67. The summed E-state index contributed by atoms with van der Waals surface area (Å²) in [5.41, 5.74) is 5.68. The van der Waals surface area contributed by atoms with E-state index in [1.807, 2.05) is 6.92 Å². The molecule has 10 heteroatoms.